The van der Waals surface area contributed by atoms with Crippen LogP contribution in [0.3, 0.4) is 0 Å². The lowest BCUT2D eigenvalue weighted by Crippen LogP contribution is -2.49. The van der Waals surface area contributed by atoms with Crippen LogP contribution in [0.5, 0.6) is 0 Å². The third kappa shape index (κ3) is 2.81. The molecule has 1 aliphatic rings. The Labute approximate surface area is 122 Å². The molecule has 1 atom stereocenters. The average Bonchev–Trinajstić information content (AvgIpc) is 2.41. The molecule has 0 unspecified atom stereocenters. The van der Waals surface area contributed by atoms with Gasteiger partial charge in [0, 0.05) is 48.3 Å². The van der Waals surface area contributed by atoms with Crippen LogP contribution in [-0.4, -0.2) is 35.6 Å². The van der Waals surface area contributed by atoms with Gasteiger partial charge in [-0.15, -0.1) is 0 Å². The standard InChI is InChI=1S/C15H18BrN3/c1-11-9-17-5-6-19(11)10-13-8-14(16)7-12-3-2-4-18-15(12)13/h2-4,7-8,11,17H,5-6,9-10H2,1H3/t11-/m1/s1. The Bertz CT molecular complexity index is 585. The lowest BCUT2D eigenvalue weighted by Gasteiger charge is -2.34. The predicted molar refractivity (Wildman–Crippen MR) is 82.2 cm³/mol. The highest BCUT2D eigenvalue weighted by Crippen LogP contribution is 2.24. The van der Waals surface area contributed by atoms with Crippen LogP contribution in [0, 0.1) is 0 Å². The maximum atomic E-state index is 4.55. The first-order valence-corrected chi connectivity index (χ1v) is 7.51. The van der Waals surface area contributed by atoms with Gasteiger partial charge < -0.3 is 5.32 Å². The SMILES string of the molecule is C[C@@H]1CNCCN1Cc1cc(Br)cc2cccnc12. The van der Waals surface area contributed by atoms with E-state index in [4.69, 9.17) is 0 Å². The van der Waals surface area contributed by atoms with Gasteiger partial charge in [-0.3, -0.25) is 9.88 Å². The molecule has 3 nitrogen and oxygen atoms in total. The summed E-state index contributed by atoms with van der Waals surface area (Å²) in [4.78, 5) is 7.07. The fourth-order valence-electron chi connectivity index (χ4n) is 2.68. The van der Waals surface area contributed by atoms with Crippen LogP contribution in [0.15, 0.2) is 34.9 Å². The summed E-state index contributed by atoms with van der Waals surface area (Å²) in [5, 5.41) is 4.64. The van der Waals surface area contributed by atoms with Crippen molar-refractivity contribution in [2.24, 2.45) is 0 Å². The number of benzene rings is 1. The van der Waals surface area contributed by atoms with Crippen molar-refractivity contribution in [1.29, 1.82) is 0 Å². The van der Waals surface area contributed by atoms with Gasteiger partial charge in [0.25, 0.3) is 0 Å². The maximum Gasteiger partial charge on any atom is 0.0747 e. The molecule has 0 aliphatic carbocycles. The summed E-state index contributed by atoms with van der Waals surface area (Å²) in [7, 11) is 0. The number of halogens is 1. The molecular formula is C15H18BrN3. The first-order valence-electron chi connectivity index (χ1n) is 6.72. The van der Waals surface area contributed by atoms with Crippen LogP contribution in [-0.2, 0) is 6.54 Å². The second-order valence-electron chi connectivity index (χ2n) is 5.16. The molecule has 1 fully saturated rings. The van der Waals surface area contributed by atoms with E-state index in [1.54, 1.807) is 0 Å². The number of hydrogen-bond acceptors (Lipinski definition) is 3. The number of pyridine rings is 1. The van der Waals surface area contributed by atoms with Crippen molar-refractivity contribution < 1.29 is 0 Å². The normalized spacial score (nSPS) is 20.8. The Hall–Kier alpha value is -0.970. The summed E-state index contributed by atoms with van der Waals surface area (Å²) in [6, 6.07) is 9.02. The molecule has 1 saturated heterocycles. The highest BCUT2D eigenvalue weighted by molar-refractivity contribution is 9.10. The number of fused-ring (bicyclic) bond motifs is 1. The van der Waals surface area contributed by atoms with Crippen molar-refractivity contribution in [1.82, 2.24) is 15.2 Å². The predicted octanol–water partition coefficient (Wildman–Crippen LogP) is 2.79. The van der Waals surface area contributed by atoms with Crippen LogP contribution >= 0.6 is 15.9 Å². The molecule has 0 radical (unpaired) electrons. The Kier molecular flexibility index (Phi) is 3.82. The first kappa shape index (κ1) is 13.0. The van der Waals surface area contributed by atoms with Crippen molar-refractivity contribution in [2.45, 2.75) is 19.5 Å². The minimum Gasteiger partial charge on any atom is -0.314 e. The average molecular weight is 320 g/mol. The van der Waals surface area contributed by atoms with E-state index in [-0.39, 0.29) is 0 Å². The number of nitrogens with zero attached hydrogens (tertiary/aromatic N) is 2. The number of piperazine rings is 1. The Morgan fingerprint density at radius 3 is 3.21 bits per heavy atom. The van der Waals surface area contributed by atoms with Gasteiger partial charge in [0.05, 0.1) is 5.52 Å². The van der Waals surface area contributed by atoms with Gasteiger partial charge in [-0.25, -0.2) is 0 Å². The van der Waals surface area contributed by atoms with Crippen LogP contribution in [0.25, 0.3) is 10.9 Å². The van der Waals surface area contributed by atoms with Crippen LogP contribution in [0.4, 0.5) is 0 Å². The molecule has 2 aromatic rings. The Balaban J connectivity index is 1.95. The lowest BCUT2D eigenvalue weighted by molar-refractivity contribution is 0.166. The summed E-state index contributed by atoms with van der Waals surface area (Å²) in [6.07, 6.45) is 1.88. The number of aromatic nitrogens is 1. The van der Waals surface area contributed by atoms with Gasteiger partial charge in [-0.05, 0) is 30.7 Å². The lowest BCUT2D eigenvalue weighted by atomic mass is 10.1. The van der Waals surface area contributed by atoms with Crippen LogP contribution < -0.4 is 5.32 Å². The molecule has 100 valence electrons. The molecule has 1 aromatic carbocycles. The molecule has 2 heterocycles. The van der Waals surface area contributed by atoms with Crippen molar-refractivity contribution in [3.8, 4) is 0 Å². The molecule has 3 rings (SSSR count). The van der Waals surface area contributed by atoms with Gasteiger partial charge in [-0.2, -0.15) is 0 Å². The molecule has 19 heavy (non-hydrogen) atoms. The topological polar surface area (TPSA) is 28.2 Å². The van der Waals surface area contributed by atoms with Gasteiger partial charge in [0.1, 0.15) is 0 Å². The molecule has 1 N–H and O–H groups in total. The maximum absolute atomic E-state index is 4.55. The zero-order chi connectivity index (χ0) is 13.2. The second-order valence-corrected chi connectivity index (χ2v) is 6.08. The van der Waals surface area contributed by atoms with E-state index >= 15 is 0 Å². The Morgan fingerprint density at radius 2 is 2.37 bits per heavy atom. The zero-order valence-corrected chi connectivity index (χ0v) is 12.7. The van der Waals surface area contributed by atoms with Crippen molar-refractivity contribution in [3.05, 3.63) is 40.5 Å². The summed E-state index contributed by atoms with van der Waals surface area (Å²) in [5.74, 6) is 0. The number of nitrogens with one attached hydrogen (secondary N) is 1. The van der Waals surface area contributed by atoms with Crippen LogP contribution in [0.2, 0.25) is 0 Å². The molecule has 4 heteroatoms. The highest BCUT2D eigenvalue weighted by Gasteiger charge is 2.19. The third-order valence-corrected chi connectivity index (χ3v) is 4.22. The molecular weight excluding hydrogens is 302 g/mol. The number of hydrogen-bond donors (Lipinski definition) is 1. The van der Waals surface area contributed by atoms with E-state index in [1.165, 1.54) is 10.9 Å². The van der Waals surface area contributed by atoms with E-state index in [9.17, 15) is 0 Å². The smallest absolute Gasteiger partial charge is 0.0747 e. The van der Waals surface area contributed by atoms with Crippen molar-refractivity contribution in [2.75, 3.05) is 19.6 Å². The molecule has 0 spiro atoms. The Morgan fingerprint density at radius 1 is 1.47 bits per heavy atom. The van der Waals surface area contributed by atoms with Crippen LogP contribution in [0.1, 0.15) is 12.5 Å². The van der Waals surface area contributed by atoms with Gasteiger partial charge in [0.15, 0.2) is 0 Å². The van der Waals surface area contributed by atoms with E-state index < -0.39 is 0 Å². The first-order chi connectivity index (χ1) is 9.24. The molecule has 0 bridgehead atoms. The van der Waals surface area contributed by atoms with E-state index in [1.807, 2.05) is 12.3 Å². The summed E-state index contributed by atoms with van der Waals surface area (Å²) in [5.41, 5.74) is 2.43. The van der Waals surface area contributed by atoms with Crippen molar-refractivity contribution >= 4 is 26.8 Å². The molecule has 0 amide bonds. The zero-order valence-electron chi connectivity index (χ0n) is 11.1. The quantitative estimate of drug-likeness (QED) is 0.922. The summed E-state index contributed by atoms with van der Waals surface area (Å²) in [6.45, 7) is 6.49. The monoisotopic (exact) mass is 319 g/mol. The third-order valence-electron chi connectivity index (χ3n) is 3.76. The second kappa shape index (κ2) is 5.57. The van der Waals surface area contributed by atoms with E-state index in [0.29, 0.717) is 6.04 Å². The van der Waals surface area contributed by atoms with E-state index in [0.717, 1.165) is 36.2 Å². The fraction of sp³-hybridized carbons (Fsp3) is 0.400. The highest BCUT2D eigenvalue weighted by atomic mass is 79.9. The number of rotatable bonds is 2. The summed E-state index contributed by atoms with van der Waals surface area (Å²) >= 11 is 3.60. The van der Waals surface area contributed by atoms with Crippen molar-refractivity contribution in [3.63, 3.8) is 0 Å². The fourth-order valence-corrected chi connectivity index (χ4v) is 3.21. The van der Waals surface area contributed by atoms with Gasteiger partial charge >= 0.3 is 0 Å². The minimum absolute atomic E-state index is 0.575. The molecule has 1 aliphatic heterocycles. The minimum atomic E-state index is 0.575. The van der Waals surface area contributed by atoms with Gasteiger partial charge in [-0.1, -0.05) is 22.0 Å². The van der Waals surface area contributed by atoms with Gasteiger partial charge in [0.2, 0.25) is 0 Å². The molecule has 1 aromatic heterocycles. The summed E-state index contributed by atoms with van der Waals surface area (Å²) < 4.78 is 1.13. The van der Waals surface area contributed by atoms with E-state index in [2.05, 4.69) is 56.3 Å². The largest absolute Gasteiger partial charge is 0.314 e. The molecule has 0 saturated carbocycles.